The first-order valence-electron chi connectivity index (χ1n) is 14.2. The van der Waals surface area contributed by atoms with E-state index in [1.807, 2.05) is 18.2 Å². The molecule has 4 heterocycles. The quantitative estimate of drug-likeness (QED) is 0.519. The summed E-state index contributed by atoms with van der Waals surface area (Å²) in [4.78, 5) is 27.8. The van der Waals surface area contributed by atoms with Crippen LogP contribution in [0.3, 0.4) is 0 Å². The summed E-state index contributed by atoms with van der Waals surface area (Å²) in [6, 6.07) is 6.32. The summed E-state index contributed by atoms with van der Waals surface area (Å²) < 4.78 is 7.30. The molecule has 4 bridgehead atoms. The lowest BCUT2D eigenvalue weighted by Gasteiger charge is -2.58. The molecule has 0 unspecified atom stereocenters. The molecule has 37 heavy (non-hydrogen) atoms. The van der Waals surface area contributed by atoms with Gasteiger partial charge in [-0.25, -0.2) is 14.6 Å². The Morgan fingerprint density at radius 3 is 2.38 bits per heavy atom. The molecule has 192 valence electrons. The first-order chi connectivity index (χ1) is 18.2. The highest BCUT2D eigenvalue weighted by atomic mass is 16.3. The summed E-state index contributed by atoms with van der Waals surface area (Å²) >= 11 is 0. The van der Waals surface area contributed by atoms with E-state index in [9.17, 15) is 4.79 Å². The molecule has 0 aromatic carbocycles. The Labute approximate surface area is 217 Å². The van der Waals surface area contributed by atoms with Crippen LogP contribution in [0, 0.1) is 23.7 Å². The zero-order chi connectivity index (χ0) is 24.5. The Bertz CT molecular complexity index is 1280. The van der Waals surface area contributed by atoms with Crippen molar-refractivity contribution in [3.8, 4) is 17.4 Å². The second-order valence-corrected chi connectivity index (χ2v) is 12.1. The monoisotopic (exact) mass is 498 g/mol. The lowest BCUT2D eigenvalue weighted by Crippen LogP contribution is -2.60. The van der Waals surface area contributed by atoms with E-state index in [2.05, 4.69) is 19.9 Å². The van der Waals surface area contributed by atoms with Crippen molar-refractivity contribution in [1.82, 2.24) is 29.5 Å². The minimum atomic E-state index is 0.111. The van der Waals surface area contributed by atoms with Crippen molar-refractivity contribution in [3.05, 3.63) is 48.1 Å². The maximum Gasteiger partial charge on any atom is 0.257 e. The fourth-order valence-corrected chi connectivity index (χ4v) is 8.33. The number of rotatable bonds is 5. The summed E-state index contributed by atoms with van der Waals surface area (Å²) in [5.74, 6) is 5.43. The molecule has 1 saturated heterocycles. The van der Waals surface area contributed by atoms with Crippen LogP contribution < -0.4 is 0 Å². The van der Waals surface area contributed by atoms with E-state index < -0.39 is 0 Å². The maximum atomic E-state index is 13.8. The van der Waals surface area contributed by atoms with Gasteiger partial charge in [-0.2, -0.15) is 5.10 Å². The van der Waals surface area contributed by atoms with Gasteiger partial charge in [0.25, 0.3) is 11.9 Å². The van der Waals surface area contributed by atoms with Crippen molar-refractivity contribution in [2.24, 2.45) is 23.7 Å². The number of amides is 1. The van der Waals surface area contributed by atoms with Crippen molar-refractivity contribution in [2.45, 2.75) is 56.9 Å². The Morgan fingerprint density at radius 2 is 1.70 bits per heavy atom. The van der Waals surface area contributed by atoms with Gasteiger partial charge in [-0.1, -0.05) is 0 Å². The second kappa shape index (κ2) is 8.51. The molecule has 3 aromatic rings. The van der Waals surface area contributed by atoms with Crippen molar-refractivity contribution in [2.75, 3.05) is 26.2 Å². The third-order valence-corrected chi connectivity index (χ3v) is 9.81. The zero-order valence-electron chi connectivity index (χ0n) is 21.2. The molecule has 6 fully saturated rings. The number of hydrogen-bond acceptors (Lipinski definition) is 6. The number of carbonyl (C=O) groups excluding carboxylic acids is 1. The van der Waals surface area contributed by atoms with Crippen molar-refractivity contribution >= 4 is 5.91 Å². The topological polar surface area (TPSA) is 80.3 Å². The van der Waals surface area contributed by atoms with E-state index in [0.29, 0.717) is 23.3 Å². The summed E-state index contributed by atoms with van der Waals surface area (Å²) in [7, 11) is 0. The molecule has 0 N–H and O–H groups in total. The van der Waals surface area contributed by atoms with E-state index in [0.717, 1.165) is 80.0 Å². The molecule has 0 radical (unpaired) electrons. The van der Waals surface area contributed by atoms with E-state index in [4.69, 9.17) is 9.40 Å². The molecule has 1 aliphatic heterocycles. The molecule has 3 aromatic heterocycles. The van der Waals surface area contributed by atoms with E-state index in [-0.39, 0.29) is 5.91 Å². The highest BCUT2D eigenvalue weighted by molar-refractivity contribution is 5.95. The zero-order valence-corrected chi connectivity index (χ0v) is 21.2. The van der Waals surface area contributed by atoms with Gasteiger partial charge in [0.2, 0.25) is 0 Å². The minimum Gasteiger partial charge on any atom is -0.463 e. The van der Waals surface area contributed by atoms with Crippen LogP contribution in [0.4, 0.5) is 0 Å². The predicted octanol–water partition coefficient (Wildman–Crippen LogP) is 4.38. The molecule has 5 saturated carbocycles. The fraction of sp³-hybridized carbons (Fsp3) is 0.586. The molecule has 8 heteroatoms. The van der Waals surface area contributed by atoms with Crippen LogP contribution in [0.1, 0.15) is 66.9 Å². The van der Waals surface area contributed by atoms with Crippen LogP contribution in [0.25, 0.3) is 17.4 Å². The molecule has 8 nitrogen and oxygen atoms in total. The predicted molar refractivity (Wildman–Crippen MR) is 137 cm³/mol. The SMILES string of the molecule is O=C(c1cnn(-c2nccc(-c3ccco3)n2)c1C1CC1)N1CCN(C2C3CC4CC(C3)CC2C4)CC1. The van der Waals surface area contributed by atoms with Crippen LogP contribution in [0.15, 0.2) is 41.3 Å². The van der Waals surface area contributed by atoms with Crippen molar-refractivity contribution in [1.29, 1.82) is 0 Å². The molecule has 9 rings (SSSR count). The van der Waals surface area contributed by atoms with Crippen molar-refractivity contribution in [3.63, 3.8) is 0 Å². The van der Waals surface area contributed by atoms with Gasteiger partial charge >= 0.3 is 0 Å². The molecule has 5 aliphatic carbocycles. The molecule has 0 spiro atoms. The Morgan fingerprint density at radius 1 is 0.946 bits per heavy atom. The van der Waals surface area contributed by atoms with Crippen LogP contribution in [0.2, 0.25) is 0 Å². The number of furan rings is 1. The number of piperazine rings is 1. The third kappa shape index (κ3) is 3.75. The summed E-state index contributed by atoms with van der Waals surface area (Å²) in [6.07, 6.45) is 14.5. The minimum absolute atomic E-state index is 0.111. The Kier molecular flexibility index (Phi) is 5.07. The maximum absolute atomic E-state index is 13.8. The van der Waals surface area contributed by atoms with Crippen LogP contribution in [-0.2, 0) is 0 Å². The van der Waals surface area contributed by atoms with Gasteiger partial charge in [-0.05, 0) is 86.8 Å². The van der Waals surface area contributed by atoms with Crippen LogP contribution in [-0.4, -0.2) is 67.7 Å². The fourth-order valence-electron chi connectivity index (χ4n) is 8.33. The largest absolute Gasteiger partial charge is 0.463 e. The highest BCUT2D eigenvalue weighted by Crippen LogP contribution is 2.55. The van der Waals surface area contributed by atoms with Gasteiger partial charge in [0.15, 0.2) is 5.76 Å². The number of hydrogen-bond donors (Lipinski definition) is 0. The van der Waals surface area contributed by atoms with Crippen LogP contribution >= 0.6 is 0 Å². The second-order valence-electron chi connectivity index (χ2n) is 12.1. The first kappa shape index (κ1) is 22.0. The smallest absolute Gasteiger partial charge is 0.257 e. The third-order valence-electron chi connectivity index (χ3n) is 9.81. The van der Waals surface area contributed by atoms with E-state index in [1.54, 1.807) is 23.3 Å². The van der Waals surface area contributed by atoms with E-state index >= 15 is 0 Å². The van der Waals surface area contributed by atoms with Gasteiger partial charge in [0, 0.05) is 44.3 Å². The highest BCUT2D eigenvalue weighted by Gasteiger charge is 2.50. The van der Waals surface area contributed by atoms with Crippen LogP contribution in [0.5, 0.6) is 0 Å². The lowest BCUT2D eigenvalue weighted by molar-refractivity contribution is -0.0743. The Hall–Kier alpha value is -3.00. The van der Waals surface area contributed by atoms with Gasteiger partial charge in [-0.3, -0.25) is 9.69 Å². The molecular weight excluding hydrogens is 464 g/mol. The average molecular weight is 499 g/mol. The normalized spacial score (nSPS) is 31.2. The van der Waals surface area contributed by atoms with Gasteiger partial charge in [0.1, 0.15) is 5.69 Å². The standard InChI is InChI=1S/C29H34N6O2/c36-28(34-9-7-33(8-10-34)26-21-13-18-12-19(15-21)16-22(26)14-18)23-17-31-35(27(23)20-3-4-20)29-30-6-5-24(32-29)25-2-1-11-37-25/h1-2,5-6,11,17-22,26H,3-4,7-10,12-16H2. The molecule has 6 aliphatic rings. The first-order valence-corrected chi connectivity index (χ1v) is 14.2. The summed E-state index contributed by atoms with van der Waals surface area (Å²) in [6.45, 7) is 3.61. The average Bonchev–Trinajstić information content (AvgIpc) is 3.42. The number of aromatic nitrogens is 4. The Balaban J connectivity index is 1.01. The molecular formula is C29H34N6O2. The van der Waals surface area contributed by atoms with Gasteiger partial charge < -0.3 is 9.32 Å². The van der Waals surface area contributed by atoms with Gasteiger partial charge in [0.05, 0.1) is 23.7 Å². The van der Waals surface area contributed by atoms with E-state index in [1.165, 1.54) is 32.1 Å². The molecule has 1 amide bonds. The summed E-state index contributed by atoms with van der Waals surface area (Å²) in [5, 5.41) is 4.63. The van der Waals surface area contributed by atoms with Gasteiger partial charge in [-0.15, -0.1) is 0 Å². The number of carbonyl (C=O) groups is 1. The molecule has 0 atom stereocenters. The number of nitrogens with zero attached hydrogens (tertiary/aromatic N) is 6. The lowest BCUT2D eigenvalue weighted by atomic mass is 9.54. The van der Waals surface area contributed by atoms with Crippen molar-refractivity contribution < 1.29 is 9.21 Å². The summed E-state index contributed by atoms with van der Waals surface area (Å²) in [5.41, 5.74) is 2.39.